The molecule has 78 valence electrons. The van der Waals surface area contributed by atoms with Gasteiger partial charge in [-0.2, -0.15) is 0 Å². The zero-order chi connectivity index (χ0) is 10.2. The molecule has 6 heteroatoms. The van der Waals surface area contributed by atoms with Crippen LogP contribution in [0.2, 0.25) is 0 Å². The molecule has 0 spiro atoms. The van der Waals surface area contributed by atoms with E-state index in [4.69, 9.17) is 0 Å². The van der Waals surface area contributed by atoms with E-state index in [1.54, 1.807) is 6.20 Å². The van der Waals surface area contributed by atoms with E-state index >= 15 is 0 Å². The fourth-order valence-corrected chi connectivity index (χ4v) is 2.26. The molecule has 0 unspecified atom stereocenters. The van der Waals surface area contributed by atoms with Crippen molar-refractivity contribution in [1.82, 2.24) is 4.98 Å². The first-order valence-corrected chi connectivity index (χ1v) is 5.06. The molecule has 0 aliphatic heterocycles. The van der Waals surface area contributed by atoms with E-state index in [0.29, 0.717) is 12.8 Å². The van der Waals surface area contributed by atoms with E-state index in [1.807, 2.05) is 5.38 Å². The van der Waals surface area contributed by atoms with Gasteiger partial charge in [0.1, 0.15) is 0 Å². The molecule has 14 heavy (non-hydrogen) atoms. The van der Waals surface area contributed by atoms with E-state index in [-0.39, 0.29) is 5.92 Å². The van der Waals surface area contributed by atoms with Gasteiger partial charge in [-0.25, -0.2) is 4.98 Å². The number of halogens is 3. The number of alkyl halides is 3. The van der Waals surface area contributed by atoms with Crippen molar-refractivity contribution in [2.45, 2.75) is 31.2 Å². The monoisotopic (exact) mass is 223 g/mol. The van der Waals surface area contributed by atoms with Crippen LogP contribution in [0.4, 0.5) is 13.2 Å². The molecule has 0 bridgehead atoms. The lowest BCUT2D eigenvalue weighted by atomic mass is 9.83. The average molecular weight is 223 g/mol. The van der Waals surface area contributed by atoms with Crippen molar-refractivity contribution in [2.75, 3.05) is 0 Å². The van der Waals surface area contributed by atoms with Crippen molar-refractivity contribution in [3.63, 3.8) is 0 Å². The van der Waals surface area contributed by atoms with Crippen molar-refractivity contribution < 1.29 is 17.9 Å². The van der Waals surface area contributed by atoms with Gasteiger partial charge in [0.2, 0.25) is 0 Å². The molecule has 1 fully saturated rings. The normalized spacial score (nSPS) is 27.4. The predicted octanol–water partition coefficient (Wildman–Crippen LogP) is 2.93. The summed E-state index contributed by atoms with van der Waals surface area (Å²) >= 11 is 1.48. The van der Waals surface area contributed by atoms with Crippen LogP contribution in [0.3, 0.4) is 0 Å². The van der Waals surface area contributed by atoms with Crippen molar-refractivity contribution in [2.24, 2.45) is 0 Å². The maximum Gasteiger partial charge on any atom is 0.522 e. The summed E-state index contributed by atoms with van der Waals surface area (Å²) in [5.41, 5.74) is 0. The second-order valence-electron chi connectivity index (χ2n) is 3.22. The molecule has 0 amide bonds. The standard InChI is InChI=1S/C8H8F3NOS/c9-8(10,11)13-6-3-5(4-6)7-12-1-2-14-7/h1-2,5-6H,3-4H2. The zero-order valence-electron chi connectivity index (χ0n) is 7.12. The van der Waals surface area contributed by atoms with Gasteiger partial charge in [-0.15, -0.1) is 24.5 Å². The highest BCUT2D eigenvalue weighted by Crippen LogP contribution is 2.41. The number of ether oxygens (including phenoxy) is 1. The van der Waals surface area contributed by atoms with Crippen LogP contribution in [0.5, 0.6) is 0 Å². The topological polar surface area (TPSA) is 22.1 Å². The highest BCUT2D eigenvalue weighted by atomic mass is 32.1. The van der Waals surface area contributed by atoms with Gasteiger partial charge in [0.25, 0.3) is 0 Å². The van der Waals surface area contributed by atoms with Crippen molar-refractivity contribution in [1.29, 1.82) is 0 Å². The molecule has 0 aromatic carbocycles. The summed E-state index contributed by atoms with van der Waals surface area (Å²) < 4.78 is 39.2. The lowest BCUT2D eigenvalue weighted by molar-refractivity contribution is -0.351. The Hall–Kier alpha value is -0.620. The van der Waals surface area contributed by atoms with Crippen LogP contribution < -0.4 is 0 Å². The Morgan fingerprint density at radius 1 is 1.43 bits per heavy atom. The summed E-state index contributed by atoms with van der Waals surface area (Å²) in [4.78, 5) is 4.05. The summed E-state index contributed by atoms with van der Waals surface area (Å²) in [6, 6.07) is 0. The summed E-state index contributed by atoms with van der Waals surface area (Å²) in [7, 11) is 0. The third kappa shape index (κ3) is 2.24. The summed E-state index contributed by atoms with van der Waals surface area (Å²) in [6.45, 7) is 0. The smallest absolute Gasteiger partial charge is 0.289 e. The second kappa shape index (κ2) is 3.51. The van der Waals surface area contributed by atoms with Gasteiger partial charge in [0.05, 0.1) is 11.1 Å². The van der Waals surface area contributed by atoms with Crippen molar-refractivity contribution in [3.05, 3.63) is 16.6 Å². The molecule has 0 atom stereocenters. The highest BCUT2D eigenvalue weighted by molar-refractivity contribution is 7.09. The van der Waals surface area contributed by atoms with Crippen molar-refractivity contribution in [3.8, 4) is 0 Å². The molecule has 1 aliphatic rings. The fraction of sp³-hybridized carbons (Fsp3) is 0.625. The third-order valence-electron chi connectivity index (χ3n) is 2.20. The van der Waals surface area contributed by atoms with E-state index < -0.39 is 12.5 Å². The number of aromatic nitrogens is 1. The van der Waals surface area contributed by atoms with Crippen LogP contribution in [0.25, 0.3) is 0 Å². The molecule has 0 radical (unpaired) electrons. The van der Waals surface area contributed by atoms with Gasteiger partial charge in [-0.05, 0) is 12.8 Å². The fourth-order valence-electron chi connectivity index (χ4n) is 1.49. The number of thiazole rings is 1. The SMILES string of the molecule is FC(F)(F)OC1CC(c2nccs2)C1. The highest BCUT2D eigenvalue weighted by Gasteiger charge is 2.41. The molecular weight excluding hydrogens is 215 g/mol. The Kier molecular flexibility index (Phi) is 2.48. The first kappa shape index (κ1) is 9.92. The molecule has 1 saturated carbocycles. The van der Waals surface area contributed by atoms with E-state index in [2.05, 4.69) is 9.72 Å². The van der Waals surface area contributed by atoms with E-state index in [0.717, 1.165) is 5.01 Å². The molecule has 2 nitrogen and oxygen atoms in total. The average Bonchev–Trinajstić information content (AvgIpc) is 2.45. The Morgan fingerprint density at radius 2 is 2.14 bits per heavy atom. The molecule has 1 heterocycles. The first-order chi connectivity index (χ1) is 6.54. The zero-order valence-corrected chi connectivity index (χ0v) is 7.94. The van der Waals surface area contributed by atoms with Gasteiger partial charge in [-0.3, -0.25) is 4.74 Å². The van der Waals surface area contributed by atoms with Crippen molar-refractivity contribution >= 4 is 11.3 Å². The summed E-state index contributed by atoms with van der Waals surface area (Å²) in [5, 5.41) is 2.74. The van der Waals surface area contributed by atoms with Gasteiger partial charge in [-0.1, -0.05) is 0 Å². The Bertz CT molecular complexity index is 292. The van der Waals surface area contributed by atoms with Gasteiger partial charge in [0, 0.05) is 17.5 Å². The minimum absolute atomic E-state index is 0.155. The maximum absolute atomic E-state index is 11.8. The summed E-state index contributed by atoms with van der Waals surface area (Å²) in [6.07, 6.45) is -2.67. The van der Waals surface area contributed by atoms with Crippen LogP contribution in [0.1, 0.15) is 23.8 Å². The Morgan fingerprint density at radius 3 is 2.64 bits per heavy atom. The molecule has 1 aromatic heterocycles. The molecule has 1 aliphatic carbocycles. The molecular formula is C8H8F3NOS. The molecule has 0 N–H and O–H groups in total. The molecule has 2 rings (SSSR count). The van der Waals surface area contributed by atoms with Crippen LogP contribution in [0.15, 0.2) is 11.6 Å². The predicted molar refractivity (Wildman–Crippen MR) is 45.0 cm³/mol. The van der Waals surface area contributed by atoms with Crippen LogP contribution >= 0.6 is 11.3 Å². The minimum Gasteiger partial charge on any atom is -0.289 e. The van der Waals surface area contributed by atoms with Crippen LogP contribution in [0, 0.1) is 0 Å². The van der Waals surface area contributed by atoms with E-state index in [1.165, 1.54) is 11.3 Å². The van der Waals surface area contributed by atoms with Crippen LogP contribution in [-0.2, 0) is 4.74 Å². The van der Waals surface area contributed by atoms with Gasteiger partial charge >= 0.3 is 6.36 Å². The third-order valence-corrected chi connectivity index (χ3v) is 3.13. The molecule has 1 aromatic rings. The first-order valence-electron chi connectivity index (χ1n) is 4.18. The quantitative estimate of drug-likeness (QED) is 0.769. The maximum atomic E-state index is 11.8. The van der Waals surface area contributed by atoms with E-state index in [9.17, 15) is 13.2 Å². The number of hydrogen-bond donors (Lipinski definition) is 0. The number of rotatable bonds is 2. The summed E-state index contributed by atoms with van der Waals surface area (Å²) in [5.74, 6) is 0.155. The van der Waals surface area contributed by atoms with Gasteiger partial charge in [0.15, 0.2) is 0 Å². The van der Waals surface area contributed by atoms with Gasteiger partial charge < -0.3 is 0 Å². The number of nitrogens with zero attached hydrogens (tertiary/aromatic N) is 1. The lowest BCUT2D eigenvalue weighted by Crippen LogP contribution is -2.34. The Labute approximate surface area is 82.7 Å². The lowest BCUT2D eigenvalue weighted by Gasteiger charge is -2.33. The Balaban J connectivity index is 1.80. The minimum atomic E-state index is -4.50. The number of hydrogen-bond acceptors (Lipinski definition) is 3. The largest absolute Gasteiger partial charge is 0.522 e. The van der Waals surface area contributed by atoms with Crippen LogP contribution in [-0.4, -0.2) is 17.5 Å². The second-order valence-corrected chi connectivity index (χ2v) is 4.15. The molecule has 0 saturated heterocycles.